The number of carbonyl (C=O) groups is 1. The third-order valence-corrected chi connectivity index (χ3v) is 8.74. The highest BCUT2D eigenvalue weighted by molar-refractivity contribution is 7.89. The van der Waals surface area contributed by atoms with Gasteiger partial charge in [-0.2, -0.15) is 4.31 Å². The Morgan fingerprint density at radius 3 is 2.75 bits per heavy atom. The SMILES string of the molecule is O=C(NCc1cccs1)[C@H]1CN(S(=O)(=O)c2cccnc2)CC12CCCCC2. The molecule has 2 aromatic rings. The van der Waals surface area contributed by atoms with Crippen LogP contribution < -0.4 is 5.32 Å². The first-order valence-corrected chi connectivity index (χ1v) is 12.0. The van der Waals surface area contributed by atoms with Gasteiger partial charge in [0.1, 0.15) is 4.90 Å². The lowest BCUT2D eigenvalue weighted by Crippen LogP contribution is -2.42. The van der Waals surface area contributed by atoms with Gasteiger partial charge in [0.2, 0.25) is 15.9 Å². The highest BCUT2D eigenvalue weighted by atomic mass is 32.2. The summed E-state index contributed by atoms with van der Waals surface area (Å²) in [5.41, 5.74) is -0.257. The molecule has 6 nitrogen and oxygen atoms in total. The number of rotatable bonds is 5. The number of nitrogens with one attached hydrogen (secondary N) is 1. The molecule has 0 unspecified atom stereocenters. The van der Waals surface area contributed by atoms with Crippen molar-refractivity contribution in [3.05, 3.63) is 46.9 Å². The molecule has 1 aliphatic carbocycles. The Hall–Kier alpha value is -1.77. The van der Waals surface area contributed by atoms with Gasteiger partial charge in [0.05, 0.1) is 12.5 Å². The summed E-state index contributed by atoms with van der Waals surface area (Å²) in [7, 11) is -3.65. The molecule has 1 aliphatic heterocycles. The van der Waals surface area contributed by atoms with Crippen LogP contribution in [0.5, 0.6) is 0 Å². The van der Waals surface area contributed by atoms with Crippen molar-refractivity contribution in [2.45, 2.75) is 43.5 Å². The molecular formula is C20H25N3O3S2. The number of hydrogen-bond acceptors (Lipinski definition) is 5. The second-order valence-corrected chi connectivity index (χ2v) is 10.7. The van der Waals surface area contributed by atoms with Crippen molar-refractivity contribution in [1.82, 2.24) is 14.6 Å². The molecule has 1 saturated carbocycles. The third kappa shape index (κ3) is 3.73. The number of carbonyl (C=O) groups excluding carboxylic acids is 1. The Morgan fingerprint density at radius 1 is 1.25 bits per heavy atom. The predicted octanol–water partition coefficient (Wildman–Crippen LogP) is 3.03. The van der Waals surface area contributed by atoms with Gasteiger partial charge >= 0.3 is 0 Å². The maximum absolute atomic E-state index is 13.1. The van der Waals surface area contributed by atoms with E-state index in [4.69, 9.17) is 0 Å². The number of amides is 1. The van der Waals surface area contributed by atoms with Crippen molar-refractivity contribution in [3.8, 4) is 0 Å². The average molecular weight is 420 g/mol. The molecule has 1 spiro atoms. The Kier molecular flexibility index (Phi) is 5.53. The highest BCUT2D eigenvalue weighted by Gasteiger charge is 2.53. The molecule has 4 rings (SSSR count). The molecule has 8 heteroatoms. The first kappa shape index (κ1) is 19.5. The Morgan fingerprint density at radius 2 is 2.07 bits per heavy atom. The quantitative estimate of drug-likeness (QED) is 0.808. The fraction of sp³-hybridized carbons (Fsp3) is 0.500. The van der Waals surface area contributed by atoms with Crippen LogP contribution in [0.1, 0.15) is 37.0 Å². The van der Waals surface area contributed by atoms with E-state index in [0.717, 1.165) is 37.0 Å². The lowest BCUT2D eigenvalue weighted by Gasteiger charge is -2.37. The molecule has 2 fully saturated rings. The van der Waals surface area contributed by atoms with Crippen LogP contribution in [-0.2, 0) is 21.4 Å². The first-order valence-electron chi connectivity index (χ1n) is 9.72. The lowest BCUT2D eigenvalue weighted by atomic mass is 9.67. The fourth-order valence-corrected chi connectivity index (χ4v) is 6.75. The zero-order valence-electron chi connectivity index (χ0n) is 15.7. The maximum Gasteiger partial charge on any atom is 0.244 e. The van der Waals surface area contributed by atoms with Crippen molar-refractivity contribution >= 4 is 27.3 Å². The van der Waals surface area contributed by atoms with Gasteiger partial charge < -0.3 is 5.32 Å². The van der Waals surface area contributed by atoms with Crippen molar-refractivity contribution in [1.29, 1.82) is 0 Å². The molecule has 0 radical (unpaired) electrons. The van der Waals surface area contributed by atoms with Crippen LogP contribution in [0, 0.1) is 11.3 Å². The van der Waals surface area contributed by atoms with Gasteiger partial charge in [-0.25, -0.2) is 8.42 Å². The number of sulfonamides is 1. The van der Waals surface area contributed by atoms with Crippen LogP contribution in [0.4, 0.5) is 0 Å². The molecule has 28 heavy (non-hydrogen) atoms. The number of aromatic nitrogens is 1. The van der Waals surface area contributed by atoms with E-state index in [0.29, 0.717) is 13.1 Å². The molecule has 0 bridgehead atoms. The summed E-state index contributed by atoms with van der Waals surface area (Å²) in [6, 6.07) is 7.16. The van der Waals surface area contributed by atoms with Crippen LogP contribution in [0.2, 0.25) is 0 Å². The van der Waals surface area contributed by atoms with Gasteiger partial charge in [0.25, 0.3) is 0 Å². The fourth-order valence-electron chi connectivity index (χ4n) is 4.59. The molecule has 2 aromatic heterocycles. The van der Waals surface area contributed by atoms with Gasteiger partial charge in [-0.05, 0) is 41.8 Å². The van der Waals surface area contributed by atoms with Crippen LogP contribution >= 0.6 is 11.3 Å². The van der Waals surface area contributed by atoms with Gasteiger partial charge in [-0.1, -0.05) is 25.3 Å². The molecule has 1 amide bonds. The molecule has 3 heterocycles. The van der Waals surface area contributed by atoms with Gasteiger partial charge in [0, 0.05) is 30.4 Å². The summed E-state index contributed by atoms with van der Waals surface area (Å²) >= 11 is 1.61. The Bertz CT molecular complexity index is 907. The van der Waals surface area contributed by atoms with E-state index < -0.39 is 10.0 Å². The second-order valence-electron chi connectivity index (χ2n) is 7.76. The molecule has 0 aromatic carbocycles. The highest BCUT2D eigenvalue weighted by Crippen LogP contribution is 2.48. The minimum atomic E-state index is -3.65. The summed E-state index contributed by atoms with van der Waals surface area (Å²) in [5, 5.41) is 5.04. The zero-order valence-corrected chi connectivity index (χ0v) is 17.3. The number of nitrogens with zero attached hydrogens (tertiary/aromatic N) is 2. The Balaban J connectivity index is 1.56. The summed E-state index contributed by atoms with van der Waals surface area (Å²) < 4.78 is 27.8. The number of hydrogen-bond donors (Lipinski definition) is 1. The third-order valence-electron chi connectivity index (χ3n) is 6.07. The maximum atomic E-state index is 13.1. The lowest BCUT2D eigenvalue weighted by molar-refractivity contribution is -0.128. The normalized spacial score (nSPS) is 22.4. The molecule has 1 N–H and O–H groups in total. The van der Waals surface area contributed by atoms with Crippen molar-refractivity contribution < 1.29 is 13.2 Å². The van der Waals surface area contributed by atoms with E-state index in [2.05, 4.69) is 10.3 Å². The second kappa shape index (κ2) is 7.93. The summed E-state index contributed by atoms with van der Waals surface area (Å²) in [6.07, 6.45) is 8.01. The molecule has 1 saturated heterocycles. The van der Waals surface area contributed by atoms with E-state index in [1.54, 1.807) is 29.7 Å². The van der Waals surface area contributed by atoms with Crippen molar-refractivity contribution in [2.75, 3.05) is 13.1 Å². The van der Waals surface area contributed by atoms with E-state index in [-0.39, 0.29) is 28.7 Å². The van der Waals surface area contributed by atoms with Crippen LogP contribution in [0.15, 0.2) is 46.9 Å². The summed E-state index contributed by atoms with van der Waals surface area (Å²) in [5.74, 6) is -0.335. The number of pyridine rings is 1. The molecule has 1 atom stereocenters. The van der Waals surface area contributed by atoms with Gasteiger partial charge in [0.15, 0.2) is 0 Å². The average Bonchev–Trinajstić information content (AvgIpc) is 3.36. The molecular weight excluding hydrogens is 394 g/mol. The zero-order chi connectivity index (χ0) is 19.6. The minimum Gasteiger partial charge on any atom is -0.351 e. The number of thiophene rings is 1. The Labute approximate surface area is 170 Å². The van der Waals surface area contributed by atoms with E-state index in [9.17, 15) is 13.2 Å². The van der Waals surface area contributed by atoms with Gasteiger partial charge in [-0.3, -0.25) is 9.78 Å². The summed E-state index contributed by atoms with van der Waals surface area (Å²) in [6.45, 7) is 1.16. The van der Waals surface area contributed by atoms with Gasteiger partial charge in [-0.15, -0.1) is 11.3 Å². The van der Waals surface area contributed by atoms with E-state index in [1.807, 2.05) is 17.5 Å². The first-order chi connectivity index (χ1) is 13.5. The predicted molar refractivity (Wildman–Crippen MR) is 108 cm³/mol. The monoisotopic (exact) mass is 419 g/mol. The van der Waals surface area contributed by atoms with Crippen molar-refractivity contribution in [2.24, 2.45) is 11.3 Å². The molecule has 2 aliphatic rings. The van der Waals surface area contributed by atoms with Crippen molar-refractivity contribution in [3.63, 3.8) is 0 Å². The smallest absolute Gasteiger partial charge is 0.244 e. The van der Waals surface area contributed by atoms with Crippen LogP contribution in [-0.4, -0.2) is 36.7 Å². The standard InChI is InChI=1S/C20H25N3O3S2/c24-19(22-12-16-6-5-11-27-16)18-14-23(15-20(18)8-2-1-3-9-20)28(25,26)17-7-4-10-21-13-17/h4-7,10-11,13,18H,1-3,8-9,12,14-15H2,(H,22,24)/t18-/m1/s1. The van der Waals surface area contributed by atoms with Crippen LogP contribution in [0.25, 0.3) is 0 Å². The topological polar surface area (TPSA) is 79.4 Å². The van der Waals surface area contributed by atoms with E-state index in [1.165, 1.54) is 10.5 Å². The largest absolute Gasteiger partial charge is 0.351 e. The minimum absolute atomic E-state index is 0.0285. The summed E-state index contributed by atoms with van der Waals surface area (Å²) in [4.78, 5) is 18.3. The van der Waals surface area contributed by atoms with Crippen LogP contribution in [0.3, 0.4) is 0 Å². The molecule has 150 valence electrons. The van der Waals surface area contributed by atoms with E-state index >= 15 is 0 Å².